The molecule has 0 radical (unpaired) electrons. The highest BCUT2D eigenvalue weighted by molar-refractivity contribution is 9.10. The van der Waals surface area contributed by atoms with Gasteiger partial charge in [-0.3, -0.25) is 0 Å². The van der Waals surface area contributed by atoms with Crippen molar-refractivity contribution in [3.05, 3.63) is 34.6 Å². The lowest BCUT2D eigenvalue weighted by Crippen LogP contribution is -2.30. The lowest BCUT2D eigenvalue weighted by atomic mass is 10.1. The normalized spacial score (nSPS) is 16.0. The number of benzene rings is 1. The van der Waals surface area contributed by atoms with E-state index in [1.165, 1.54) is 6.42 Å². The third kappa shape index (κ3) is 2.92. The summed E-state index contributed by atoms with van der Waals surface area (Å²) >= 11 is 3.31. The van der Waals surface area contributed by atoms with Crippen LogP contribution in [0.4, 0.5) is 5.88 Å². The first-order valence-corrected chi connectivity index (χ1v) is 9.49. The van der Waals surface area contributed by atoms with Gasteiger partial charge in [-0.05, 0) is 43.5 Å². The Balaban J connectivity index is 2.05. The molecule has 2 heterocycles. The predicted octanol–water partition coefficient (Wildman–Crippen LogP) is 3.57. The minimum Gasteiger partial charge on any atom is -0.424 e. The number of sulfone groups is 1. The van der Waals surface area contributed by atoms with Gasteiger partial charge in [0.2, 0.25) is 20.7 Å². The van der Waals surface area contributed by atoms with Crippen molar-refractivity contribution < 1.29 is 12.8 Å². The van der Waals surface area contributed by atoms with E-state index in [-0.39, 0.29) is 9.92 Å². The topological polar surface area (TPSA) is 63.4 Å². The van der Waals surface area contributed by atoms with E-state index in [2.05, 4.69) is 20.9 Å². The minimum absolute atomic E-state index is 0.0224. The van der Waals surface area contributed by atoms with Gasteiger partial charge in [0, 0.05) is 24.5 Å². The van der Waals surface area contributed by atoms with Crippen molar-refractivity contribution >= 4 is 31.7 Å². The molecule has 0 spiro atoms. The fourth-order valence-corrected chi connectivity index (χ4v) is 4.23. The quantitative estimate of drug-likeness (QED) is 0.808. The van der Waals surface area contributed by atoms with Gasteiger partial charge in [0.15, 0.2) is 5.89 Å². The molecule has 1 saturated heterocycles. The van der Waals surface area contributed by atoms with Crippen molar-refractivity contribution in [3.8, 4) is 0 Å². The van der Waals surface area contributed by atoms with E-state index in [0.29, 0.717) is 11.8 Å². The molecule has 0 N–H and O–H groups in total. The van der Waals surface area contributed by atoms with Gasteiger partial charge in [-0.15, -0.1) is 0 Å². The summed E-state index contributed by atoms with van der Waals surface area (Å²) in [5.74, 6) is 0.747. The zero-order valence-corrected chi connectivity index (χ0v) is 14.7. The Morgan fingerprint density at radius 2 is 1.77 bits per heavy atom. The number of halogens is 1. The second kappa shape index (κ2) is 6.04. The van der Waals surface area contributed by atoms with Crippen LogP contribution in [0.5, 0.6) is 0 Å². The zero-order chi connectivity index (χ0) is 15.7. The first-order chi connectivity index (χ1) is 10.5. The van der Waals surface area contributed by atoms with Crippen molar-refractivity contribution in [2.75, 3.05) is 18.0 Å². The summed E-state index contributed by atoms with van der Waals surface area (Å²) in [5, 5.41) is 0.0224. The molecule has 0 amide bonds. The number of aryl methyl sites for hydroxylation is 1. The Kier molecular flexibility index (Phi) is 4.27. The van der Waals surface area contributed by atoms with Gasteiger partial charge >= 0.3 is 0 Å². The predicted molar refractivity (Wildman–Crippen MR) is 86.9 cm³/mol. The fraction of sp³-hybridized carbons (Fsp3) is 0.400. The molecular formula is C15H17BrN2O3S. The summed E-state index contributed by atoms with van der Waals surface area (Å²) in [6.45, 7) is 3.28. The van der Waals surface area contributed by atoms with E-state index < -0.39 is 9.84 Å². The number of nitrogens with zero attached hydrogens (tertiary/aromatic N) is 2. The van der Waals surface area contributed by atoms with E-state index in [1.54, 1.807) is 31.2 Å². The third-order valence-corrected chi connectivity index (χ3v) is 5.90. The number of anilines is 1. The van der Waals surface area contributed by atoms with Crippen LogP contribution in [0.25, 0.3) is 0 Å². The number of hydrogen-bond donors (Lipinski definition) is 0. The molecule has 2 aromatic rings. The Morgan fingerprint density at radius 1 is 1.14 bits per heavy atom. The van der Waals surface area contributed by atoms with Crippen LogP contribution in [0.2, 0.25) is 0 Å². The number of oxazole rings is 1. The average molecular weight is 385 g/mol. The summed E-state index contributed by atoms with van der Waals surface area (Å²) in [6.07, 6.45) is 3.24. The van der Waals surface area contributed by atoms with Crippen LogP contribution in [-0.4, -0.2) is 26.5 Å². The Bertz CT molecular complexity index is 763. The molecule has 3 rings (SSSR count). The monoisotopic (exact) mass is 384 g/mol. The third-order valence-electron chi connectivity index (χ3n) is 3.71. The van der Waals surface area contributed by atoms with Crippen LogP contribution < -0.4 is 4.90 Å². The van der Waals surface area contributed by atoms with Gasteiger partial charge in [-0.2, -0.15) is 4.98 Å². The van der Waals surface area contributed by atoms with Gasteiger partial charge in [-0.25, -0.2) is 8.42 Å². The molecule has 0 atom stereocenters. The van der Waals surface area contributed by atoms with Crippen LogP contribution >= 0.6 is 15.9 Å². The van der Waals surface area contributed by atoms with Gasteiger partial charge in [0.05, 0.1) is 4.90 Å². The number of aromatic nitrogens is 1. The molecule has 22 heavy (non-hydrogen) atoms. The van der Waals surface area contributed by atoms with Crippen LogP contribution in [0.15, 0.2) is 43.1 Å². The number of rotatable bonds is 3. The minimum atomic E-state index is -3.68. The van der Waals surface area contributed by atoms with Gasteiger partial charge in [-0.1, -0.05) is 15.9 Å². The fourth-order valence-electron chi connectivity index (χ4n) is 2.59. The molecule has 0 bridgehead atoms. The van der Waals surface area contributed by atoms with E-state index in [4.69, 9.17) is 4.42 Å². The molecule has 5 nitrogen and oxygen atoms in total. The largest absolute Gasteiger partial charge is 0.424 e. The maximum Gasteiger partial charge on any atom is 0.236 e. The Morgan fingerprint density at radius 3 is 2.41 bits per heavy atom. The van der Waals surface area contributed by atoms with Gasteiger partial charge < -0.3 is 9.32 Å². The van der Waals surface area contributed by atoms with Crippen molar-refractivity contribution in [1.29, 1.82) is 0 Å². The molecule has 1 aromatic heterocycles. The van der Waals surface area contributed by atoms with Crippen molar-refractivity contribution in [3.63, 3.8) is 0 Å². The molecule has 1 aliphatic heterocycles. The number of hydrogen-bond acceptors (Lipinski definition) is 5. The van der Waals surface area contributed by atoms with Crippen molar-refractivity contribution in [2.24, 2.45) is 0 Å². The first-order valence-electron chi connectivity index (χ1n) is 7.21. The Hall–Kier alpha value is -1.34. The van der Waals surface area contributed by atoms with E-state index in [9.17, 15) is 8.42 Å². The summed E-state index contributed by atoms with van der Waals surface area (Å²) < 4.78 is 32.2. The molecular weight excluding hydrogens is 368 g/mol. The maximum atomic E-state index is 12.9. The molecule has 118 valence electrons. The van der Waals surface area contributed by atoms with Gasteiger partial charge in [0.1, 0.15) is 0 Å². The zero-order valence-electron chi connectivity index (χ0n) is 12.3. The SMILES string of the molecule is Cc1nc(S(=O)(=O)c2ccc(Br)cc2)c(N2CCCCC2)o1. The van der Waals surface area contributed by atoms with E-state index >= 15 is 0 Å². The summed E-state index contributed by atoms with van der Waals surface area (Å²) in [5.41, 5.74) is 0. The molecule has 7 heteroatoms. The lowest BCUT2D eigenvalue weighted by Gasteiger charge is -2.26. The first kappa shape index (κ1) is 15.6. The highest BCUT2D eigenvalue weighted by Crippen LogP contribution is 2.32. The molecule has 0 saturated carbocycles. The van der Waals surface area contributed by atoms with E-state index in [0.717, 1.165) is 30.4 Å². The second-order valence-electron chi connectivity index (χ2n) is 5.35. The summed E-state index contributed by atoms with van der Waals surface area (Å²) in [7, 11) is -3.68. The highest BCUT2D eigenvalue weighted by Gasteiger charge is 2.30. The second-order valence-corrected chi connectivity index (χ2v) is 8.13. The molecule has 0 unspecified atom stereocenters. The average Bonchev–Trinajstić information content (AvgIpc) is 2.91. The smallest absolute Gasteiger partial charge is 0.236 e. The summed E-state index contributed by atoms with van der Waals surface area (Å²) in [4.78, 5) is 6.35. The summed E-state index contributed by atoms with van der Waals surface area (Å²) in [6, 6.07) is 6.56. The van der Waals surface area contributed by atoms with Crippen LogP contribution in [0, 0.1) is 6.92 Å². The number of piperidine rings is 1. The molecule has 1 aromatic carbocycles. The van der Waals surface area contributed by atoms with E-state index in [1.807, 2.05) is 4.90 Å². The van der Waals surface area contributed by atoms with Gasteiger partial charge in [0.25, 0.3) is 0 Å². The molecule has 0 aliphatic carbocycles. The standard InChI is InChI=1S/C15H17BrN2O3S/c1-11-17-14(15(21-11)18-9-3-2-4-10-18)22(19,20)13-7-5-12(16)6-8-13/h5-8H,2-4,9-10H2,1H3. The lowest BCUT2D eigenvalue weighted by molar-refractivity contribution is 0.476. The maximum absolute atomic E-state index is 12.9. The highest BCUT2D eigenvalue weighted by atomic mass is 79.9. The molecule has 1 aliphatic rings. The van der Waals surface area contributed by atoms with Crippen LogP contribution in [0.1, 0.15) is 25.2 Å². The molecule has 1 fully saturated rings. The van der Waals surface area contributed by atoms with Crippen LogP contribution in [0.3, 0.4) is 0 Å². The van der Waals surface area contributed by atoms with Crippen molar-refractivity contribution in [2.45, 2.75) is 36.1 Å². The van der Waals surface area contributed by atoms with Crippen LogP contribution in [-0.2, 0) is 9.84 Å². The van der Waals surface area contributed by atoms with Crippen molar-refractivity contribution in [1.82, 2.24) is 4.98 Å². The Labute approximate surface area is 138 Å².